The number of carbonyl (C=O) groups excluding carboxylic acids is 1. The van der Waals surface area contributed by atoms with Crippen LogP contribution < -0.4 is 11.2 Å². The molecule has 160 valence electrons. The van der Waals surface area contributed by atoms with Gasteiger partial charge in [0.1, 0.15) is 5.76 Å². The fraction of sp³-hybridized carbons (Fsp3) is 0.238. The molecule has 0 spiro atoms. The summed E-state index contributed by atoms with van der Waals surface area (Å²) < 4.78 is 6.65. The molecule has 1 amide bonds. The second kappa shape index (κ2) is 8.56. The third-order valence-corrected chi connectivity index (χ3v) is 6.48. The van der Waals surface area contributed by atoms with Crippen LogP contribution in [0.2, 0.25) is 0 Å². The molecule has 0 saturated carbocycles. The number of hydrogen-bond donors (Lipinski definition) is 2. The van der Waals surface area contributed by atoms with Crippen LogP contribution in [0.3, 0.4) is 0 Å². The SMILES string of the molecule is Cc1cc(C)c(-c2csc(NC(=O)CSc3nnc(-c4ccoc4C)n3N)n2)c(C)c1. The van der Waals surface area contributed by atoms with Crippen molar-refractivity contribution in [2.24, 2.45) is 0 Å². The highest BCUT2D eigenvalue weighted by molar-refractivity contribution is 7.99. The number of aryl methyl sites for hydroxylation is 4. The van der Waals surface area contributed by atoms with Gasteiger partial charge in [0.05, 0.1) is 23.3 Å². The topological polar surface area (TPSA) is 112 Å². The zero-order valence-electron chi connectivity index (χ0n) is 17.6. The zero-order chi connectivity index (χ0) is 22.1. The monoisotopic (exact) mass is 454 g/mol. The Morgan fingerprint density at radius 3 is 2.65 bits per heavy atom. The molecule has 0 unspecified atom stereocenters. The highest BCUT2D eigenvalue weighted by Crippen LogP contribution is 2.31. The van der Waals surface area contributed by atoms with E-state index in [0.29, 0.717) is 21.9 Å². The van der Waals surface area contributed by atoms with E-state index in [9.17, 15) is 4.79 Å². The van der Waals surface area contributed by atoms with E-state index in [-0.39, 0.29) is 11.7 Å². The van der Waals surface area contributed by atoms with Crippen LogP contribution in [0.15, 0.2) is 39.4 Å². The van der Waals surface area contributed by atoms with Gasteiger partial charge in [0.15, 0.2) is 11.0 Å². The van der Waals surface area contributed by atoms with E-state index < -0.39 is 0 Å². The van der Waals surface area contributed by atoms with E-state index in [2.05, 4.69) is 53.4 Å². The third kappa shape index (κ3) is 4.35. The van der Waals surface area contributed by atoms with Crippen molar-refractivity contribution < 1.29 is 9.21 Å². The van der Waals surface area contributed by atoms with Crippen LogP contribution in [0.5, 0.6) is 0 Å². The van der Waals surface area contributed by atoms with Gasteiger partial charge in [0, 0.05) is 10.9 Å². The van der Waals surface area contributed by atoms with Crippen LogP contribution >= 0.6 is 23.1 Å². The number of amides is 1. The van der Waals surface area contributed by atoms with Gasteiger partial charge in [-0.2, -0.15) is 0 Å². The van der Waals surface area contributed by atoms with E-state index in [1.165, 1.54) is 44.5 Å². The number of thioether (sulfide) groups is 1. The maximum atomic E-state index is 12.4. The molecule has 3 aromatic heterocycles. The number of nitrogens with zero attached hydrogens (tertiary/aromatic N) is 4. The van der Waals surface area contributed by atoms with E-state index in [1.807, 2.05) is 12.3 Å². The molecule has 0 saturated heterocycles. The molecule has 0 atom stereocenters. The lowest BCUT2D eigenvalue weighted by atomic mass is 9.98. The molecule has 0 bridgehead atoms. The first-order valence-electron chi connectivity index (χ1n) is 9.55. The quantitative estimate of drug-likeness (QED) is 0.329. The summed E-state index contributed by atoms with van der Waals surface area (Å²) in [5.41, 5.74) is 6.30. The Kier molecular flexibility index (Phi) is 5.84. The smallest absolute Gasteiger partial charge is 0.236 e. The van der Waals surface area contributed by atoms with Crippen molar-refractivity contribution in [1.82, 2.24) is 19.9 Å². The van der Waals surface area contributed by atoms with Crippen LogP contribution in [0, 0.1) is 27.7 Å². The minimum absolute atomic E-state index is 0.136. The second-order valence-electron chi connectivity index (χ2n) is 7.22. The lowest BCUT2D eigenvalue weighted by Gasteiger charge is -2.08. The number of thiazole rings is 1. The summed E-state index contributed by atoms with van der Waals surface area (Å²) >= 11 is 2.61. The molecule has 0 radical (unpaired) electrons. The van der Waals surface area contributed by atoms with Gasteiger partial charge in [-0.3, -0.25) is 4.79 Å². The minimum Gasteiger partial charge on any atom is -0.469 e. The average Bonchev–Trinajstić information content (AvgIpc) is 3.40. The van der Waals surface area contributed by atoms with Crippen LogP contribution in [-0.2, 0) is 4.79 Å². The lowest BCUT2D eigenvalue weighted by Crippen LogP contribution is -2.16. The number of anilines is 1. The zero-order valence-corrected chi connectivity index (χ0v) is 19.2. The molecular weight excluding hydrogens is 432 g/mol. The Bertz CT molecular complexity index is 1230. The summed E-state index contributed by atoms with van der Waals surface area (Å²) in [5.74, 6) is 7.23. The number of benzene rings is 1. The molecule has 10 heteroatoms. The molecule has 31 heavy (non-hydrogen) atoms. The molecule has 0 fully saturated rings. The fourth-order valence-corrected chi connectivity index (χ4v) is 4.87. The Hall–Kier alpha value is -3.11. The predicted molar refractivity (Wildman–Crippen MR) is 124 cm³/mol. The molecule has 3 heterocycles. The molecule has 4 aromatic rings. The molecule has 0 aliphatic carbocycles. The van der Waals surface area contributed by atoms with Crippen LogP contribution in [0.4, 0.5) is 5.13 Å². The lowest BCUT2D eigenvalue weighted by molar-refractivity contribution is -0.113. The Balaban J connectivity index is 1.41. The standard InChI is InChI=1S/C21H22N6O2S2/c1-11-7-12(2)18(13(3)8-11)16-9-30-20(23-16)24-17(28)10-31-21-26-25-19(27(21)22)15-5-6-29-14(15)4/h5-9H,10,22H2,1-4H3,(H,23,24,28). The summed E-state index contributed by atoms with van der Waals surface area (Å²) in [6.45, 7) is 8.05. The second-order valence-corrected chi connectivity index (χ2v) is 9.02. The van der Waals surface area contributed by atoms with Crippen LogP contribution in [-0.4, -0.2) is 31.5 Å². The molecule has 4 rings (SSSR count). The molecule has 0 aliphatic rings. The molecule has 1 aromatic carbocycles. The van der Waals surface area contributed by atoms with Crippen molar-refractivity contribution in [3.05, 3.63) is 52.3 Å². The van der Waals surface area contributed by atoms with Gasteiger partial charge in [-0.1, -0.05) is 29.5 Å². The van der Waals surface area contributed by atoms with Gasteiger partial charge in [0.25, 0.3) is 0 Å². The average molecular weight is 455 g/mol. The number of nitrogen functional groups attached to an aromatic ring is 1. The van der Waals surface area contributed by atoms with Gasteiger partial charge >= 0.3 is 0 Å². The van der Waals surface area contributed by atoms with E-state index in [1.54, 1.807) is 12.3 Å². The number of furan rings is 1. The minimum atomic E-state index is -0.188. The van der Waals surface area contributed by atoms with Crippen molar-refractivity contribution in [1.29, 1.82) is 0 Å². The summed E-state index contributed by atoms with van der Waals surface area (Å²) in [6.07, 6.45) is 1.57. The van der Waals surface area contributed by atoms with Gasteiger partial charge < -0.3 is 15.6 Å². The first-order chi connectivity index (χ1) is 14.8. The summed E-state index contributed by atoms with van der Waals surface area (Å²) in [7, 11) is 0. The maximum Gasteiger partial charge on any atom is 0.236 e. The Labute approximate surface area is 187 Å². The number of hydrogen-bond acceptors (Lipinski definition) is 8. The number of nitrogens with one attached hydrogen (secondary N) is 1. The van der Waals surface area contributed by atoms with E-state index in [4.69, 9.17) is 10.3 Å². The van der Waals surface area contributed by atoms with E-state index in [0.717, 1.165) is 16.8 Å². The van der Waals surface area contributed by atoms with Crippen molar-refractivity contribution >= 4 is 34.1 Å². The largest absolute Gasteiger partial charge is 0.469 e. The molecular formula is C21H22N6O2S2. The molecule has 0 aliphatic heterocycles. The summed E-state index contributed by atoms with van der Waals surface area (Å²) in [4.78, 5) is 17.0. The van der Waals surface area contributed by atoms with Gasteiger partial charge in [0.2, 0.25) is 11.1 Å². The van der Waals surface area contributed by atoms with Gasteiger partial charge in [-0.25, -0.2) is 9.66 Å². The number of carbonyl (C=O) groups is 1. The maximum absolute atomic E-state index is 12.4. The molecule has 3 N–H and O–H groups in total. The van der Waals surface area contributed by atoms with Crippen LogP contribution in [0.25, 0.3) is 22.6 Å². The van der Waals surface area contributed by atoms with Crippen molar-refractivity contribution in [2.45, 2.75) is 32.9 Å². The Morgan fingerprint density at radius 1 is 1.23 bits per heavy atom. The first kappa shape index (κ1) is 21.1. The third-order valence-electron chi connectivity index (χ3n) is 4.78. The number of rotatable bonds is 6. The van der Waals surface area contributed by atoms with Crippen molar-refractivity contribution in [2.75, 3.05) is 16.9 Å². The van der Waals surface area contributed by atoms with Gasteiger partial charge in [-0.15, -0.1) is 21.5 Å². The highest BCUT2D eigenvalue weighted by atomic mass is 32.2. The summed E-state index contributed by atoms with van der Waals surface area (Å²) in [5, 5.41) is 14.0. The number of nitrogens with two attached hydrogens (primary N) is 1. The normalized spacial score (nSPS) is 11.1. The summed E-state index contributed by atoms with van der Waals surface area (Å²) in [6, 6.07) is 6.05. The van der Waals surface area contributed by atoms with Crippen molar-refractivity contribution in [3.63, 3.8) is 0 Å². The van der Waals surface area contributed by atoms with Crippen molar-refractivity contribution in [3.8, 4) is 22.6 Å². The highest BCUT2D eigenvalue weighted by Gasteiger charge is 2.17. The number of aromatic nitrogens is 4. The fourth-order valence-electron chi connectivity index (χ4n) is 3.49. The Morgan fingerprint density at radius 2 is 1.97 bits per heavy atom. The first-order valence-corrected chi connectivity index (χ1v) is 11.4. The van der Waals surface area contributed by atoms with E-state index >= 15 is 0 Å². The predicted octanol–water partition coefficient (Wildman–Crippen LogP) is 4.34. The van der Waals surface area contributed by atoms with Gasteiger partial charge in [-0.05, 0) is 44.9 Å². The molecule has 8 nitrogen and oxygen atoms in total. The van der Waals surface area contributed by atoms with Crippen LogP contribution in [0.1, 0.15) is 22.5 Å².